The van der Waals surface area contributed by atoms with Gasteiger partial charge in [-0.05, 0) is 61.7 Å². The van der Waals surface area contributed by atoms with E-state index in [-0.39, 0.29) is 10.8 Å². The van der Waals surface area contributed by atoms with Crippen LogP contribution in [0.15, 0.2) is 30.3 Å². The summed E-state index contributed by atoms with van der Waals surface area (Å²) >= 11 is 0. The maximum Gasteiger partial charge on any atom is 0.169 e. The Bertz CT molecular complexity index is 519. The topological polar surface area (TPSA) is 17.1 Å². The average Bonchev–Trinajstić information content (AvgIpc) is 2.46. The highest BCUT2D eigenvalue weighted by Gasteiger charge is 2.59. The van der Waals surface area contributed by atoms with E-state index >= 15 is 0 Å². The molecule has 1 nitrogen and oxygen atoms in total. The minimum atomic E-state index is -0.218. The Morgan fingerprint density at radius 1 is 0.952 bits per heavy atom. The standard InChI is InChI=1S/C20H26O/c1-19(2,18(21)17-6-4-3-5-7-17)20-11-14-8-15(12-20)10-16(9-14)13-20/h3-7,14-16H,8-13H2,1-2H3. The van der Waals surface area contributed by atoms with Crippen LogP contribution < -0.4 is 0 Å². The second-order valence-electron chi connectivity index (χ2n) is 8.52. The van der Waals surface area contributed by atoms with E-state index in [1.807, 2.05) is 30.3 Å². The monoisotopic (exact) mass is 282 g/mol. The van der Waals surface area contributed by atoms with Gasteiger partial charge in [-0.25, -0.2) is 0 Å². The lowest BCUT2D eigenvalue weighted by Gasteiger charge is -2.62. The minimum absolute atomic E-state index is 0.218. The van der Waals surface area contributed by atoms with Gasteiger partial charge < -0.3 is 0 Å². The van der Waals surface area contributed by atoms with Gasteiger partial charge in [0.05, 0.1) is 0 Å². The van der Waals surface area contributed by atoms with Crippen molar-refractivity contribution in [1.82, 2.24) is 0 Å². The summed E-state index contributed by atoms with van der Waals surface area (Å²) in [5.74, 6) is 3.07. The Balaban J connectivity index is 1.69. The van der Waals surface area contributed by atoms with Crippen LogP contribution in [0.3, 0.4) is 0 Å². The third kappa shape index (κ3) is 1.93. The van der Waals surface area contributed by atoms with Crippen molar-refractivity contribution in [1.29, 1.82) is 0 Å². The van der Waals surface area contributed by atoms with Gasteiger partial charge in [-0.3, -0.25) is 4.79 Å². The quantitative estimate of drug-likeness (QED) is 0.704. The Labute approximate surface area is 128 Å². The first-order valence-corrected chi connectivity index (χ1v) is 8.60. The van der Waals surface area contributed by atoms with E-state index in [0.717, 1.165) is 23.3 Å². The number of benzene rings is 1. The lowest BCUT2D eigenvalue weighted by atomic mass is 9.42. The summed E-state index contributed by atoms with van der Waals surface area (Å²) in [6.45, 7) is 4.46. The molecule has 0 N–H and O–H groups in total. The van der Waals surface area contributed by atoms with Gasteiger partial charge in [0.15, 0.2) is 5.78 Å². The van der Waals surface area contributed by atoms with E-state index in [1.54, 1.807) is 0 Å². The highest BCUT2D eigenvalue weighted by atomic mass is 16.1. The van der Waals surface area contributed by atoms with Crippen molar-refractivity contribution in [3.05, 3.63) is 35.9 Å². The van der Waals surface area contributed by atoms with Crippen LogP contribution in [0.4, 0.5) is 0 Å². The number of ketones is 1. The first-order valence-electron chi connectivity index (χ1n) is 8.60. The first-order chi connectivity index (χ1) is 10.0. The fourth-order valence-electron chi connectivity index (χ4n) is 6.07. The van der Waals surface area contributed by atoms with Gasteiger partial charge in [-0.15, -0.1) is 0 Å². The zero-order chi connectivity index (χ0) is 14.7. The Morgan fingerprint density at radius 3 is 1.90 bits per heavy atom. The van der Waals surface area contributed by atoms with E-state index in [1.165, 1.54) is 38.5 Å². The Hall–Kier alpha value is -1.11. The molecule has 1 aromatic rings. The molecule has 112 valence electrons. The maximum absolute atomic E-state index is 13.2. The molecule has 0 saturated heterocycles. The van der Waals surface area contributed by atoms with E-state index < -0.39 is 0 Å². The molecule has 0 atom stereocenters. The van der Waals surface area contributed by atoms with Crippen LogP contribution in [0.25, 0.3) is 0 Å². The summed E-state index contributed by atoms with van der Waals surface area (Å²) in [6, 6.07) is 9.95. The van der Waals surface area contributed by atoms with E-state index in [9.17, 15) is 4.79 Å². The molecular formula is C20H26O. The minimum Gasteiger partial charge on any atom is -0.294 e. The molecule has 4 saturated carbocycles. The Kier molecular flexibility index (Phi) is 2.87. The van der Waals surface area contributed by atoms with Gasteiger partial charge in [-0.1, -0.05) is 44.2 Å². The van der Waals surface area contributed by atoms with Crippen LogP contribution in [0.2, 0.25) is 0 Å². The van der Waals surface area contributed by atoms with Crippen molar-refractivity contribution in [3.8, 4) is 0 Å². The zero-order valence-electron chi connectivity index (χ0n) is 13.3. The molecule has 4 aliphatic rings. The molecule has 1 heteroatoms. The number of carbonyl (C=O) groups is 1. The van der Waals surface area contributed by atoms with Gasteiger partial charge in [0.2, 0.25) is 0 Å². The summed E-state index contributed by atoms with van der Waals surface area (Å²) < 4.78 is 0. The van der Waals surface area contributed by atoms with Crippen LogP contribution in [0, 0.1) is 28.6 Å². The molecule has 5 rings (SSSR count). The van der Waals surface area contributed by atoms with E-state index in [0.29, 0.717) is 5.78 Å². The van der Waals surface area contributed by atoms with Crippen molar-refractivity contribution < 1.29 is 4.79 Å². The highest BCUT2D eigenvalue weighted by molar-refractivity contribution is 6.00. The van der Waals surface area contributed by atoms with Crippen molar-refractivity contribution in [2.45, 2.75) is 52.4 Å². The third-order valence-corrected chi connectivity index (χ3v) is 6.97. The first kappa shape index (κ1) is 13.5. The van der Waals surface area contributed by atoms with Crippen LogP contribution >= 0.6 is 0 Å². The van der Waals surface area contributed by atoms with Gasteiger partial charge in [-0.2, -0.15) is 0 Å². The molecule has 0 heterocycles. The van der Waals surface area contributed by atoms with Crippen LogP contribution in [-0.4, -0.2) is 5.78 Å². The predicted octanol–water partition coefficient (Wildman–Crippen LogP) is 5.11. The predicted molar refractivity (Wildman–Crippen MR) is 85.2 cm³/mol. The second-order valence-corrected chi connectivity index (χ2v) is 8.52. The normalized spacial score (nSPS) is 37.7. The fourth-order valence-corrected chi connectivity index (χ4v) is 6.07. The molecule has 21 heavy (non-hydrogen) atoms. The maximum atomic E-state index is 13.2. The number of rotatable bonds is 3. The van der Waals surface area contributed by atoms with Crippen LogP contribution in [0.5, 0.6) is 0 Å². The summed E-state index contributed by atoms with van der Waals surface area (Å²) in [5.41, 5.74) is 0.956. The molecule has 4 aliphatic carbocycles. The molecule has 0 radical (unpaired) electrons. The summed E-state index contributed by atoms with van der Waals surface area (Å²) in [7, 11) is 0. The molecule has 0 aromatic heterocycles. The van der Waals surface area contributed by atoms with E-state index in [4.69, 9.17) is 0 Å². The molecular weight excluding hydrogens is 256 g/mol. The van der Waals surface area contributed by atoms with Crippen LogP contribution in [-0.2, 0) is 0 Å². The smallest absolute Gasteiger partial charge is 0.169 e. The molecule has 0 spiro atoms. The number of hydrogen-bond donors (Lipinski definition) is 0. The number of hydrogen-bond acceptors (Lipinski definition) is 1. The SMILES string of the molecule is CC(C)(C(=O)c1ccccc1)C12CC3CC(CC(C3)C1)C2. The van der Waals surface area contributed by atoms with Crippen molar-refractivity contribution in [2.75, 3.05) is 0 Å². The second kappa shape index (κ2) is 4.44. The lowest BCUT2D eigenvalue weighted by molar-refractivity contribution is -0.104. The average molecular weight is 282 g/mol. The zero-order valence-corrected chi connectivity index (χ0v) is 13.3. The third-order valence-electron chi connectivity index (χ3n) is 6.97. The van der Waals surface area contributed by atoms with Crippen molar-refractivity contribution in [2.24, 2.45) is 28.6 Å². The van der Waals surface area contributed by atoms with Crippen molar-refractivity contribution >= 4 is 5.78 Å². The molecule has 0 unspecified atom stereocenters. The van der Waals surface area contributed by atoms with Gasteiger partial charge in [0, 0.05) is 11.0 Å². The molecule has 1 aromatic carbocycles. The van der Waals surface area contributed by atoms with Gasteiger partial charge in [0.1, 0.15) is 0 Å². The molecule has 0 amide bonds. The number of carbonyl (C=O) groups excluding carboxylic acids is 1. The highest BCUT2D eigenvalue weighted by Crippen LogP contribution is 2.66. The fraction of sp³-hybridized carbons (Fsp3) is 0.650. The van der Waals surface area contributed by atoms with E-state index in [2.05, 4.69) is 13.8 Å². The summed E-state index contributed by atoms with van der Waals surface area (Å²) in [5, 5.41) is 0. The number of Topliss-reactive ketones (excluding diaryl/α,β-unsaturated/α-hetero) is 1. The van der Waals surface area contributed by atoms with Crippen molar-refractivity contribution in [3.63, 3.8) is 0 Å². The molecule has 4 fully saturated rings. The lowest BCUT2D eigenvalue weighted by Crippen LogP contribution is -2.55. The summed E-state index contributed by atoms with van der Waals surface area (Å²) in [4.78, 5) is 13.2. The molecule has 0 aliphatic heterocycles. The molecule has 4 bridgehead atoms. The Morgan fingerprint density at radius 2 is 1.43 bits per heavy atom. The van der Waals surface area contributed by atoms with Crippen LogP contribution in [0.1, 0.15) is 62.7 Å². The summed E-state index contributed by atoms with van der Waals surface area (Å²) in [6.07, 6.45) is 8.21. The van der Waals surface area contributed by atoms with Gasteiger partial charge >= 0.3 is 0 Å². The van der Waals surface area contributed by atoms with Gasteiger partial charge in [0.25, 0.3) is 0 Å². The largest absolute Gasteiger partial charge is 0.294 e.